The first kappa shape index (κ1) is 46.3. The maximum absolute atomic E-state index is 9.00. The number of carbonyl (C=O) groups is 2. The summed E-state index contributed by atoms with van der Waals surface area (Å²) in [4.78, 5) is 17.6. The summed E-state index contributed by atoms with van der Waals surface area (Å²) < 4.78 is 0. The van der Waals surface area contributed by atoms with Crippen LogP contribution in [0.5, 0.6) is 0 Å². The van der Waals surface area contributed by atoms with E-state index in [4.69, 9.17) is 24.9 Å². The van der Waals surface area contributed by atoms with Gasteiger partial charge in [0.15, 0.2) is 0 Å². The maximum atomic E-state index is 9.00. The maximum Gasteiger partial charge on any atom is 0.503 e. The van der Waals surface area contributed by atoms with Crippen LogP contribution in [0.25, 0.3) is 0 Å². The third-order valence-electron chi connectivity index (χ3n) is 0. The largest absolute Gasteiger partial charge is 0.503 e. The molecule has 12 heavy (non-hydrogen) atoms. The molecule has 0 spiro atoms. The van der Waals surface area contributed by atoms with Crippen molar-refractivity contribution in [3.8, 4) is 0 Å². The fourth-order valence-corrected chi connectivity index (χ4v) is 0. The second-order valence-corrected chi connectivity index (χ2v) is 0.802. The molecule has 0 radical (unpaired) electrons. The molecule has 0 amide bonds. The standard InChI is InChI=1S/C2H4O2.CH2O3.4H2O/c1-2(3)4;2-1(3)4;;;;/h1H3,(H,3,4);(H2,2,3,4);4*1H2. The third-order valence-corrected chi connectivity index (χ3v) is 0. The zero-order chi connectivity index (χ0) is 7.15. The molecule has 0 aliphatic heterocycles. The van der Waals surface area contributed by atoms with Crippen LogP contribution in [0.15, 0.2) is 0 Å². The number of carboxylic acid groups (broad SMARTS) is 3. The molecule has 0 heterocycles. The molecule has 9 heteroatoms. The van der Waals surface area contributed by atoms with Crippen LogP contribution in [0, 0.1) is 0 Å². The number of aliphatic carboxylic acids is 1. The van der Waals surface area contributed by atoms with Gasteiger partial charge in [-0.2, -0.15) is 0 Å². The molecule has 0 rings (SSSR count). The van der Waals surface area contributed by atoms with Gasteiger partial charge in [-0.1, -0.05) is 0 Å². The minimum Gasteiger partial charge on any atom is -0.481 e. The third kappa shape index (κ3) is 244. The predicted octanol–water partition coefficient (Wildman–Crippen LogP) is -2.99. The van der Waals surface area contributed by atoms with Crippen molar-refractivity contribution in [2.24, 2.45) is 0 Å². The molecule has 0 atom stereocenters. The number of hydrogen-bond donors (Lipinski definition) is 3. The molecule has 11 N–H and O–H groups in total. The van der Waals surface area contributed by atoms with Gasteiger partial charge in [0, 0.05) is 6.92 Å². The zero-order valence-corrected chi connectivity index (χ0v) is 6.16. The Morgan fingerprint density at radius 3 is 0.833 bits per heavy atom. The highest BCUT2D eigenvalue weighted by atomic mass is 16.6. The number of carboxylic acids is 1. The van der Waals surface area contributed by atoms with Crippen molar-refractivity contribution in [1.29, 1.82) is 0 Å². The van der Waals surface area contributed by atoms with Gasteiger partial charge in [-0.25, -0.2) is 4.79 Å². The summed E-state index contributed by atoms with van der Waals surface area (Å²) in [6.45, 7) is 1.08. The average Bonchev–Trinajstić information content (AvgIpc) is 1.25. The predicted molar refractivity (Wildman–Crippen MR) is 38.4 cm³/mol. The molecule has 0 saturated heterocycles. The lowest BCUT2D eigenvalue weighted by molar-refractivity contribution is -0.134. The lowest BCUT2D eigenvalue weighted by Crippen LogP contribution is -1.81. The quantitative estimate of drug-likeness (QED) is 0.365. The minimum absolute atomic E-state index is 0. The van der Waals surface area contributed by atoms with Crippen LogP contribution >= 0.6 is 0 Å². The van der Waals surface area contributed by atoms with E-state index in [1.54, 1.807) is 0 Å². The number of rotatable bonds is 0. The minimum atomic E-state index is -1.83. The summed E-state index contributed by atoms with van der Waals surface area (Å²) in [6.07, 6.45) is -1.83. The molecule has 0 bridgehead atoms. The zero-order valence-electron chi connectivity index (χ0n) is 6.16. The van der Waals surface area contributed by atoms with E-state index >= 15 is 0 Å². The van der Waals surface area contributed by atoms with Crippen molar-refractivity contribution < 1.29 is 46.8 Å². The van der Waals surface area contributed by atoms with Gasteiger partial charge in [0.25, 0.3) is 5.97 Å². The van der Waals surface area contributed by atoms with Crippen molar-refractivity contribution in [3.05, 3.63) is 0 Å². The fraction of sp³-hybridized carbons (Fsp3) is 0.333. The molecule has 0 aromatic heterocycles. The Labute approximate surface area is 67.1 Å². The summed E-state index contributed by atoms with van der Waals surface area (Å²) in [5, 5.41) is 21.4. The molecule has 0 aromatic rings. The molecule has 80 valence electrons. The van der Waals surface area contributed by atoms with Crippen LogP contribution in [-0.2, 0) is 4.79 Å². The Bertz CT molecular complexity index is 67.8. The van der Waals surface area contributed by atoms with Crippen molar-refractivity contribution in [2.45, 2.75) is 6.92 Å². The molecule has 9 nitrogen and oxygen atoms in total. The smallest absolute Gasteiger partial charge is 0.481 e. The first-order valence-electron chi connectivity index (χ1n) is 1.58. The van der Waals surface area contributed by atoms with Crippen LogP contribution < -0.4 is 0 Å². The van der Waals surface area contributed by atoms with Gasteiger partial charge in [0.05, 0.1) is 0 Å². The van der Waals surface area contributed by atoms with Crippen LogP contribution in [-0.4, -0.2) is 49.3 Å². The van der Waals surface area contributed by atoms with E-state index < -0.39 is 12.1 Å². The van der Waals surface area contributed by atoms with Crippen LogP contribution in [0.2, 0.25) is 0 Å². The Kier molecular flexibility index (Phi) is 130. The Morgan fingerprint density at radius 1 is 0.833 bits per heavy atom. The molecule has 0 fully saturated rings. The highest BCUT2D eigenvalue weighted by Crippen LogP contribution is 1.43. The first-order valence-corrected chi connectivity index (χ1v) is 1.58. The van der Waals surface area contributed by atoms with Gasteiger partial charge in [-0.15, -0.1) is 0 Å². The van der Waals surface area contributed by atoms with E-state index in [9.17, 15) is 0 Å². The van der Waals surface area contributed by atoms with Crippen molar-refractivity contribution in [2.75, 3.05) is 0 Å². The van der Waals surface area contributed by atoms with E-state index in [0.717, 1.165) is 6.92 Å². The first-order chi connectivity index (χ1) is 3.46. The van der Waals surface area contributed by atoms with Crippen molar-refractivity contribution in [1.82, 2.24) is 0 Å². The van der Waals surface area contributed by atoms with Crippen LogP contribution in [0.4, 0.5) is 4.79 Å². The lowest BCUT2D eigenvalue weighted by Gasteiger charge is -1.60. The molecule has 0 saturated carbocycles. The second-order valence-electron chi connectivity index (χ2n) is 0.802. The summed E-state index contributed by atoms with van der Waals surface area (Å²) in [5.74, 6) is -0.833. The van der Waals surface area contributed by atoms with E-state index in [1.165, 1.54) is 0 Å². The normalized spacial score (nSPS) is 4.08. The topological polar surface area (TPSA) is 221 Å². The lowest BCUT2D eigenvalue weighted by atomic mass is 10.9. The van der Waals surface area contributed by atoms with Crippen molar-refractivity contribution >= 4 is 12.1 Å². The SMILES string of the molecule is CC(=O)O.O.O.O.O.O=C(O)O. The Hall–Kier alpha value is -1.42. The Balaban J connectivity index is -0.0000000112. The number of hydrogen-bond acceptors (Lipinski definition) is 2. The average molecular weight is 194 g/mol. The summed E-state index contributed by atoms with van der Waals surface area (Å²) in [5.41, 5.74) is 0. The summed E-state index contributed by atoms with van der Waals surface area (Å²) >= 11 is 0. The summed E-state index contributed by atoms with van der Waals surface area (Å²) in [6, 6.07) is 0. The van der Waals surface area contributed by atoms with E-state index in [0.29, 0.717) is 0 Å². The van der Waals surface area contributed by atoms with Gasteiger partial charge in [0.2, 0.25) is 0 Å². The Morgan fingerprint density at radius 2 is 0.833 bits per heavy atom. The monoisotopic (exact) mass is 194 g/mol. The van der Waals surface area contributed by atoms with E-state index in [1.807, 2.05) is 0 Å². The van der Waals surface area contributed by atoms with Crippen molar-refractivity contribution in [3.63, 3.8) is 0 Å². The molecule has 0 unspecified atom stereocenters. The van der Waals surface area contributed by atoms with Gasteiger partial charge in [-0.3, -0.25) is 4.79 Å². The fourth-order valence-electron chi connectivity index (χ4n) is 0. The van der Waals surface area contributed by atoms with Gasteiger partial charge < -0.3 is 37.2 Å². The van der Waals surface area contributed by atoms with Gasteiger partial charge >= 0.3 is 6.16 Å². The van der Waals surface area contributed by atoms with Crippen LogP contribution in [0.3, 0.4) is 0 Å². The second kappa shape index (κ2) is 33.6. The molecule has 0 aromatic carbocycles. The van der Waals surface area contributed by atoms with Gasteiger partial charge in [0.1, 0.15) is 0 Å². The highest BCUT2D eigenvalue weighted by molar-refractivity contribution is 5.62. The highest BCUT2D eigenvalue weighted by Gasteiger charge is 1.70. The molecular weight excluding hydrogens is 180 g/mol. The van der Waals surface area contributed by atoms with Gasteiger partial charge in [-0.05, 0) is 0 Å². The van der Waals surface area contributed by atoms with Crippen LogP contribution in [0.1, 0.15) is 6.92 Å². The molecular formula is C3H14O9. The molecule has 0 aliphatic rings. The van der Waals surface area contributed by atoms with E-state index in [2.05, 4.69) is 0 Å². The summed E-state index contributed by atoms with van der Waals surface area (Å²) in [7, 11) is 0. The molecule has 0 aliphatic carbocycles. The van der Waals surface area contributed by atoms with E-state index in [-0.39, 0.29) is 21.9 Å².